The van der Waals surface area contributed by atoms with E-state index in [-0.39, 0.29) is 17.0 Å². The zero-order chi connectivity index (χ0) is 24.1. The molecule has 1 fully saturated rings. The molecule has 6 rings (SSSR count). The van der Waals surface area contributed by atoms with Crippen molar-refractivity contribution in [2.45, 2.75) is 24.2 Å². The molecule has 3 nitrogen and oxygen atoms in total. The topological polar surface area (TPSA) is 42.2 Å². The Balaban J connectivity index is 1.59. The minimum Gasteiger partial charge on any atom is -0.481 e. The Morgan fingerprint density at radius 1 is 1.06 bits per heavy atom. The summed E-state index contributed by atoms with van der Waals surface area (Å²) in [7, 11) is 0. The van der Waals surface area contributed by atoms with Gasteiger partial charge in [-0.2, -0.15) is 4.39 Å². The van der Waals surface area contributed by atoms with Crippen molar-refractivity contribution in [2.24, 2.45) is 5.92 Å². The highest BCUT2D eigenvalue weighted by atomic mass is 32.2. The molecular weight excluding hydrogens is 477 g/mol. The molecule has 5 aromatic rings. The number of aryl methyl sites for hydroxylation is 1. The molecule has 1 saturated carbocycles. The number of aromatic nitrogens is 1. The summed E-state index contributed by atoms with van der Waals surface area (Å²) in [5.41, 5.74) is 6.54. The third-order valence-corrected chi connectivity index (χ3v) is 8.38. The number of aliphatic carboxylic acids is 1. The standard InChI is InChI=1S/C29H22FNO2S2/c1-17-9-11-20(12-10-17)35-31-25-8-3-2-7-21(25)26(22-13-14-34-28(22)30)27(31)19-6-4-5-18(15-19)23-16-24(23)29(32)33/h2-15,23-24H,16H2,1H3,(H,32,33). The number of fused-ring (bicyclic) bond motifs is 1. The summed E-state index contributed by atoms with van der Waals surface area (Å²) in [6.07, 6.45) is 0.659. The van der Waals surface area contributed by atoms with Gasteiger partial charge in [0.15, 0.2) is 5.13 Å². The highest BCUT2D eigenvalue weighted by Gasteiger charge is 2.44. The molecule has 2 aromatic heterocycles. The van der Waals surface area contributed by atoms with Gasteiger partial charge in [0.1, 0.15) is 0 Å². The summed E-state index contributed by atoms with van der Waals surface area (Å²) < 4.78 is 17.2. The van der Waals surface area contributed by atoms with E-state index in [2.05, 4.69) is 47.3 Å². The monoisotopic (exact) mass is 499 g/mol. The predicted octanol–water partition coefficient (Wildman–Crippen LogP) is 8.23. The highest BCUT2D eigenvalue weighted by Crippen LogP contribution is 2.50. The number of thiophene rings is 1. The van der Waals surface area contributed by atoms with Crippen molar-refractivity contribution < 1.29 is 14.3 Å². The first kappa shape index (κ1) is 22.1. The summed E-state index contributed by atoms with van der Waals surface area (Å²) in [6, 6.07) is 26.4. The van der Waals surface area contributed by atoms with Crippen LogP contribution in [0.25, 0.3) is 33.3 Å². The molecule has 0 saturated heterocycles. The van der Waals surface area contributed by atoms with E-state index in [1.54, 1.807) is 17.3 Å². The smallest absolute Gasteiger partial charge is 0.307 e. The van der Waals surface area contributed by atoms with E-state index < -0.39 is 5.97 Å². The molecule has 2 atom stereocenters. The first-order valence-electron chi connectivity index (χ1n) is 11.5. The number of benzene rings is 3. The van der Waals surface area contributed by atoms with Crippen LogP contribution in [0.5, 0.6) is 0 Å². The van der Waals surface area contributed by atoms with E-state index in [9.17, 15) is 9.90 Å². The molecule has 0 aliphatic heterocycles. The Labute approximate surface area is 211 Å². The Hall–Kier alpha value is -3.35. The molecule has 0 spiro atoms. The number of para-hydroxylation sites is 1. The van der Waals surface area contributed by atoms with Crippen molar-refractivity contribution in [1.82, 2.24) is 3.97 Å². The van der Waals surface area contributed by atoms with Crippen LogP contribution in [0, 0.1) is 18.0 Å². The molecule has 0 radical (unpaired) electrons. The van der Waals surface area contributed by atoms with Gasteiger partial charge in [0.2, 0.25) is 0 Å². The van der Waals surface area contributed by atoms with Crippen molar-refractivity contribution in [2.75, 3.05) is 0 Å². The average Bonchev–Trinajstić information content (AvgIpc) is 3.48. The van der Waals surface area contributed by atoms with Gasteiger partial charge in [0.25, 0.3) is 0 Å². The molecule has 0 amide bonds. The number of carboxylic acids is 1. The number of rotatable bonds is 6. The quantitative estimate of drug-likeness (QED) is 0.256. The Bertz CT molecular complexity index is 1570. The lowest BCUT2D eigenvalue weighted by molar-refractivity contribution is -0.138. The van der Waals surface area contributed by atoms with Crippen LogP contribution >= 0.6 is 23.3 Å². The normalized spacial score (nSPS) is 17.1. The molecule has 174 valence electrons. The largest absolute Gasteiger partial charge is 0.481 e. The SMILES string of the molecule is Cc1ccc(Sn2c(-c3cccc(C4CC4C(=O)O)c3)c(-c3ccsc3F)c3ccccc32)cc1. The fourth-order valence-electron chi connectivity index (χ4n) is 4.77. The van der Waals surface area contributed by atoms with Crippen LogP contribution < -0.4 is 0 Å². The van der Waals surface area contributed by atoms with Crippen LogP contribution in [0.2, 0.25) is 0 Å². The summed E-state index contributed by atoms with van der Waals surface area (Å²) in [5.74, 6) is -1.05. The summed E-state index contributed by atoms with van der Waals surface area (Å²) in [6.45, 7) is 2.07. The molecule has 35 heavy (non-hydrogen) atoms. The molecule has 0 bridgehead atoms. The van der Waals surface area contributed by atoms with Crippen molar-refractivity contribution in [3.05, 3.63) is 101 Å². The van der Waals surface area contributed by atoms with Gasteiger partial charge in [-0.15, -0.1) is 11.3 Å². The van der Waals surface area contributed by atoms with E-state index in [1.165, 1.54) is 5.56 Å². The van der Waals surface area contributed by atoms with E-state index >= 15 is 4.39 Å². The van der Waals surface area contributed by atoms with Gasteiger partial charge in [-0.05, 0) is 72.5 Å². The van der Waals surface area contributed by atoms with Crippen molar-refractivity contribution in [3.63, 3.8) is 0 Å². The van der Waals surface area contributed by atoms with Crippen LogP contribution in [0.3, 0.4) is 0 Å². The number of hydrogen-bond acceptors (Lipinski definition) is 3. The van der Waals surface area contributed by atoms with Gasteiger partial charge in [-0.25, -0.2) is 0 Å². The number of nitrogens with zero attached hydrogens (tertiary/aromatic N) is 1. The Kier molecular flexibility index (Phi) is 5.50. The Morgan fingerprint density at radius 3 is 2.57 bits per heavy atom. The van der Waals surface area contributed by atoms with E-state index in [4.69, 9.17) is 0 Å². The number of carbonyl (C=O) groups is 1. The fourth-order valence-corrected chi connectivity index (χ4v) is 6.41. The summed E-state index contributed by atoms with van der Waals surface area (Å²) in [4.78, 5) is 12.6. The van der Waals surface area contributed by atoms with Crippen LogP contribution in [0.4, 0.5) is 4.39 Å². The third kappa shape index (κ3) is 3.97. The van der Waals surface area contributed by atoms with E-state index in [0.29, 0.717) is 12.0 Å². The van der Waals surface area contributed by atoms with Gasteiger partial charge in [0, 0.05) is 27.0 Å². The second-order valence-electron chi connectivity index (χ2n) is 8.96. The van der Waals surface area contributed by atoms with Gasteiger partial charge in [-0.3, -0.25) is 8.77 Å². The minimum atomic E-state index is -0.745. The number of halogens is 1. The first-order valence-corrected chi connectivity index (χ1v) is 13.1. The predicted molar refractivity (Wildman–Crippen MR) is 142 cm³/mol. The molecule has 1 aliphatic carbocycles. The second-order valence-corrected chi connectivity index (χ2v) is 10.8. The summed E-state index contributed by atoms with van der Waals surface area (Å²) in [5, 5.41) is 12.0. The molecule has 1 aliphatic rings. The zero-order valence-electron chi connectivity index (χ0n) is 18.9. The lowest BCUT2D eigenvalue weighted by Crippen LogP contribution is -1.99. The van der Waals surface area contributed by atoms with E-state index in [1.807, 2.05) is 42.5 Å². The maximum absolute atomic E-state index is 15.0. The summed E-state index contributed by atoms with van der Waals surface area (Å²) >= 11 is 2.71. The van der Waals surface area contributed by atoms with Crippen LogP contribution in [0.15, 0.2) is 89.1 Å². The molecular formula is C29H22FNO2S2. The maximum Gasteiger partial charge on any atom is 0.307 e. The second kappa shape index (κ2) is 8.70. The highest BCUT2D eigenvalue weighted by molar-refractivity contribution is 7.98. The molecule has 2 unspecified atom stereocenters. The number of carboxylic acid groups (broad SMARTS) is 1. The first-order chi connectivity index (χ1) is 17.0. The zero-order valence-corrected chi connectivity index (χ0v) is 20.6. The van der Waals surface area contributed by atoms with E-state index in [0.717, 1.165) is 49.5 Å². The van der Waals surface area contributed by atoms with Crippen molar-refractivity contribution in [3.8, 4) is 22.4 Å². The molecule has 6 heteroatoms. The number of hydrogen-bond donors (Lipinski definition) is 1. The van der Waals surface area contributed by atoms with Crippen molar-refractivity contribution in [1.29, 1.82) is 0 Å². The van der Waals surface area contributed by atoms with Gasteiger partial charge in [-0.1, -0.05) is 54.1 Å². The molecule has 3 aromatic carbocycles. The Morgan fingerprint density at radius 2 is 1.86 bits per heavy atom. The van der Waals surface area contributed by atoms with Gasteiger partial charge >= 0.3 is 5.97 Å². The van der Waals surface area contributed by atoms with Crippen LogP contribution in [-0.4, -0.2) is 15.0 Å². The maximum atomic E-state index is 15.0. The van der Waals surface area contributed by atoms with Crippen LogP contribution in [0.1, 0.15) is 23.5 Å². The lowest BCUT2D eigenvalue weighted by atomic mass is 9.98. The average molecular weight is 500 g/mol. The van der Waals surface area contributed by atoms with Gasteiger partial charge in [0.05, 0.1) is 17.1 Å². The molecule has 1 N–H and O–H groups in total. The minimum absolute atomic E-state index is 0.0244. The van der Waals surface area contributed by atoms with Crippen LogP contribution in [-0.2, 0) is 4.79 Å². The van der Waals surface area contributed by atoms with Gasteiger partial charge < -0.3 is 5.11 Å². The molecule has 2 heterocycles. The lowest BCUT2D eigenvalue weighted by Gasteiger charge is -2.13. The third-order valence-electron chi connectivity index (χ3n) is 6.63. The fraction of sp³-hybridized carbons (Fsp3) is 0.138. The van der Waals surface area contributed by atoms with Crippen molar-refractivity contribution >= 4 is 40.2 Å².